The molecule has 1 aromatic carbocycles. The second-order valence-corrected chi connectivity index (χ2v) is 6.36. The van der Waals surface area contributed by atoms with E-state index >= 15 is 0 Å². The van der Waals surface area contributed by atoms with Crippen LogP contribution in [-0.2, 0) is 20.9 Å². The maximum absolute atomic E-state index is 12.7. The highest BCUT2D eigenvalue weighted by molar-refractivity contribution is 7.99. The van der Waals surface area contributed by atoms with Crippen molar-refractivity contribution in [1.82, 2.24) is 4.90 Å². The summed E-state index contributed by atoms with van der Waals surface area (Å²) in [6, 6.07) is 9.18. The SMILES string of the molecule is COC(=O)C(C)N(Cc1ccccc1)C(=O)C1CCSC1. The van der Waals surface area contributed by atoms with E-state index in [1.165, 1.54) is 7.11 Å². The zero-order valence-electron chi connectivity index (χ0n) is 12.5. The molecule has 0 N–H and O–H groups in total. The van der Waals surface area contributed by atoms with E-state index < -0.39 is 6.04 Å². The van der Waals surface area contributed by atoms with Crippen molar-refractivity contribution in [3.8, 4) is 0 Å². The average Bonchev–Trinajstić information content (AvgIpc) is 3.06. The first-order valence-corrected chi connectivity index (χ1v) is 8.29. The number of esters is 1. The molecule has 1 fully saturated rings. The first-order chi connectivity index (χ1) is 10.1. The lowest BCUT2D eigenvalue weighted by Crippen LogP contribution is -2.46. The monoisotopic (exact) mass is 307 g/mol. The Kier molecular flexibility index (Phi) is 5.67. The third-order valence-electron chi connectivity index (χ3n) is 3.77. The van der Waals surface area contributed by atoms with Crippen LogP contribution in [0.15, 0.2) is 30.3 Å². The number of ether oxygens (including phenoxy) is 1. The molecule has 1 heterocycles. The molecule has 2 unspecified atom stereocenters. The van der Waals surface area contributed by atoms with Gasteiger partial charge in [-0.25, -0.2) is 4.79 Å². The Bertz CT molecular complexity index is 486. The predicted molar refractivity (Wildman–Crippen MR) is 83.9 cm³/mol. The van der Waals surface area contributed by atoms with Crippen molar-refractivity contribution in [1.29, 1.82) is 0 Å². The van der Waals surface area contributed by atoms with Gasteiger partial charge in [-0.1, -0.05) is 30.3 Å². The van der Waals surface area contributed by atoms with Gasteiger partial charge >= 0.3 is 5.97 Å². The molecule has 21 heavy (non-hydrogen) atoms. The fourth-order valence-corrected chi connectivity index (χ4v) is 3.66. The van der Waals surface area contributed by atoms with Crippen LogP contribution < -0.4 is 0 Å². The molecule has 0 radical (unpaired) electrons. The smallest absolute Gasteiger partial charge is 0.328 e. The van der Waals surface area contributed by atoms with E-state index in [1.54, 1.807) is 23.6 Å². The summed E-state index contributed by atoms with van der Waals surface area (Å²) < 4.78 is 4.81. The largest absolute Gasteiger partial charge is 0.467 e. The minimum Gasteiger partial charge on any atom is -0.467 e. The molecule has 0 spiro atoms. The molecule has 2 rings (SSSR count). The Labute approximate surface area is 129 Å². The van der Waals surface area contributed by atoms with E-state index in [0.717, 1.165) is 23.5 Å². The molecule has 1 aromatic rings. The Hall–Kier alpha value is -1.49. The third-order valence-corrected chi connectivity index (χ3v) is 4.93. The molecule has 0 aliphatic carbocycles. The Balaban J connectivity index is 2.16. The van der Waals surface area contributed by atoms with Crippen molar-refractivity contribution in [2.75, 3.05) is 18.6 Å². The summed E-state index contributed by atoms with van der Waals surface area (Å²) in [6.07, 6.45) is 0.892. The second kappa shape index (κ2) is 7.50. The van der Waals surface area contributed by atoms with Crippen LogP contribution in [0.5, 0.6) is 0 Å². The number of hydrogen-bond donors (Lipinski definition) is 0. The summed E-state index contributed by atoms with van der Waals surface area (Å²) in [5.41, 5.74) is 1.02. The molecular formula is C16H21NO3S. The second-order valence-electron chi connectivity index (χ2n) is 5.21. The molecule has 1 amide bonds. The van der Waals surface area contributed by atoms with Gasteiger partial charge in [-0.2, -0.15) is 11.8 Å². The van der Waals surface area contributed by atoms with Crippen molar-refractivity contribution >= 4 is 23.6 Å². The number of amides is 1. The van der Waals surface area contributed by atoms with Crippen molar-refractivity contribution < 1.29 is 14.3 Å². The van der Waals surface area contributed by atoms with Crippen molar-refractivity contribution in [3.05, 3.63) is 35.9 Å². The molecule has 114 valence electrons. The maximum atomic E-state index is 12.7. The van der Waals surface area contributed by atoms with Gasteiger partial charge < -0.3 is 9.64 Å². The molecule has 0 saturated carbocycles. The first kappa shape index (κ1) is 15.9. The average molecular weight is 307 g/mol. The summed E-state index contributed by atoms with van der Waals surface area (Å²) >= 11 is 1.80. The lowest BCUT2D eigenvalue weighted by atomic mass is 10.1. The topological polar surface area (TPSA) is 46.6 Å². The van der Waals surface area contributed by atoms with Gasteiger partial charge in [0.25, 0.3) is 0 Å². The Morgan fingerprint density at radius 2 is 2.10 bits per heavy atom. The first-order valence-electron chi connectivity index (χ1n) is 7.13. The quantitative estimate of drug-likeness (QED) is 0.783. The van der Waals surface area contributed by atoms with Crippen LogP contribution in [0.3, 0.4) is 0 Å². The van der Waals surface area contributed by atoms with E-state index in [2.05, 4.69) is 0 Å². The van der Waals surface area contributed by atoms with Gasteiger partial charge in [-0.3, -0.25) is 4.79 Å². The van der Waals surface area contributed by atoms with E-state index in [1.807, 2.05) is 30.3 Å². The number of thioether (sulfide) groups is 1. The molecule has 5 heteroatoms. The number of benzene rings is 1. The Morgan fingerprint density at radius 3 is 2.67 bits per heavy atom. The number of carbonyl (C=O) groups excluding carboxylic acids is 2. The fraction of sp³-hybridized carbons (Fsp3) is 0.500. The maximum Gasteiger partial charge on any atom is 0.328 e. The van der Waals surface area contributed by atoms with E-state index in [9.17, 15) is 9.59 Å². The molecule has 2 atom stereocenters. The molecular weight excluding hydrogens is 286 g/mol. The summed E-state index contributed by atoms with van der Waals surface area (Å²) in [7, 11) is 1.36. The minimum atomic E-state index is -0.562. The minimum absolute atomic E-state index is 0.0193. The molecule has 0 aromatic heterocycles. The van der Waals surface area contributed by atoms with Gasteiger partial charge in [0.2, 0.25) is 5.91 Å². The molecule has 1 aliphatic rings. The zero-order valence-corrected chi connectivity index (χ0v) is 13.3. The number of methoxy groups -OCH3 is 1. The zero-order chi connectivity index (χ0) is 15.2. The highest BCUT2D eigenvalue weighted by atomic mass is 32.2. The van der Waals surface area contributed by atoms with Crippen LogP contribution in [0.2, 0.25) is 0 Å². The fourth-order valence-electron chi connectivity index (χ4n) is 2.45. The van der Waals surface area contributed by atoms with Crippen LogP contribution in [0.1, 0.15) is 18.9 Å². The van der Waals surface area contributed by atoms with Crippen molar-refractivity contribution in [2.24, 2.45) is 5.92 Å². The lowest BCUT2D eigenvalue weighted by Gasteiger charge is -2.29. The van der Waals surface area contributed by atoms with Gasteiger partial charge in [-0.05, 0) is 24.7 Å². The number of rotatable bonds is 5. The van der Waals surface area contributed by atoms with Gasteiger partial charge in [0.1, 0.15) is 6.04 Å². The summed E-state index contributed by atoms with van der Waals surface area (Å²) in [5.74, 6) is 1.57. The summed E-state index contributed by atoms with van der Waals surface area (Å²) in [6.45, 7) is 2.17. The molecule has 0 bridgehead atoms. The number of hydrogen-bond acceptors (Lipinski definition) is 4. The van der Waals surface area contributed by atoms with Crippen LogP contribution in [-0.4, -0.2) is 41.4 Å². The normalized spacial score (nSPS) is 19.0. The van der Waals surface area contributed by atoms with Crippen molar-refractivity contribution in [2.45, 2.75) is 25.9 Å². The standard InChI is InChI=1S/C16H21NO3S/c1-12(16(19)20-2)17(10-13-6-4-3-5-7-13)15(18)14-8-9-21-11-14/h3-7,12,14H,8-11H2,1-2H3. The molecule has 4 nitrogen and oxygen atoms in total. The van der Waals surface area contributed by atoms with Gasteiger partial charge in [0.05, 0.1) is 7.11 Å². The summed E-state index contributed by atoms with van der Waals surface area (Å²) in [5, 5.41) is 0. The van der Waals surface area contributed by atoms with Crippen molar-refractivity contribution in [3.63, 3.8) is 0 Å². The van der Waals surface area contributed by atoms with E-state index in [4.69, 9.17) is 4.74 Å². The summed E-state index contributed by atoms with van der Waals surface area (Å²) in [4.78, 5) is 26.2. The van der Waals surface area contributed by atoms with Gasteiger partial charge in [0.15, 0.2) is 0 Å². The van der Waals surface area contributed by atoms with Crippen LogP contribution in [0.4, 0.5) is 0 Å². The van der Waals surface area contributed by atoms with E-state index in [0.29, 0.717) is 6.54 Å². The molecule has 1 aliphatic heterocycles. The lowest BCUT2D eigenvalue weighted by molar-refractivity contribution is -0.153. The highest BCUT2D eigenvalue weighted by Gasteiger charge is 2.33. The van der Waals surface area contributed by atoms with E-state index in [-0.39, 0.29) is 17.8 Å². The van der Waals surface area contributed by atoms with Crippen LogP contribution in [0.25, 0.3) is 0 Å². The Morgan fingerprint density at radius 1 is 1.38 bits per heavy atom. The van der Waals surface area contributed by atoms with Crippen LogP contribution in [0, 0.1) is 5.92 Å². The number of carbonyl (C=O) groups is 2. The number of nitrogens with zero attached hydrogens (tertiary/aromatic N) is 1. The third kappa shape index (κ3) is 4.00. The highest BCUT2D eigenvalue weighted by Crippen LogP contribution is 2.26. The predicted octanol–water partition coefficient (Wildman–Crippen LogP) is 2.33. The van der Waals surface area contributed by atoms with Gasteiger partial charge in [0, 0.05) is 18.2 Å². The van der Waals surface area contributed by atoms with Crippen LogP contribution >= 0.6 is 11.8 Å². The van der Waals surface area contributed by atoms with Gasteiger partial charge in [-0.15, -0.1) is 0 Å². The molecule has 1 saturated heterocycles.